The summed E-state index contributed by atoms with van der Waals surface area (Å²) in [5, 5.41) is 2.71. The van der Waals surface area contributed by atoms with E-state index >= 15 is 0 Å². The number of carbonyl (C=O) groups excluding carboxylic acids is 1. The monoisotopic (exact) mass is 231 g/mol. The Bertz CT molecular complexity index is 181. The average Bonchev–Trinajstić information content (AvgIpc) is 2.21. The van der Waals surface area contributed by atoms with Crippen LogP contribution in [0.3, 0.4) is 0 Å². The van der Waals surface area contributed by atoms with E-state index in [0.717, 1.165) is 0 Å². The van der Waals surface area contributed by atoms with Gasteiger partial charge in [-0.15, -0.1) is 12.6 Å². The van der Waals surface area contributed by atoms with E-state index in [1.807, 2.05) is 13.8 Å². The van der Waals surface area contributed by atoms with Crippen LogP contribution in [-0.4, -0.2) is 45.1 Å². The third kappa shape index (κ3) is 8.78. The molecule has 0 saturated carbocycles. The Balaban J connectivity index is 3.88. The van der Waals surface area contributed by atoms with Crippen LogP contribution in [0, 0.1) is 0 Å². The molecule has 0 aromatic heterocycles. The number of nitrogens with one attached hydrogen (secondary N) is 1. The van der Waals surface area contributed by atoms with Gasteiger partial charge in [-0.25, -0.2) is 0 Å². The molecule has 0 fully saturated rings. The van der Waals surface area contributed by atoms with Gasteiger partial charge in [0.1, 0.15) is 0 Å². The van der Waals surface area contributed by atoms with E-state index in [-0.39, 0.29) is 23.7 Å². The number of carbonyl (C=O) groups is 1. The normalized spacial score (nSPS) is 14.6. The SMILES string of the molecule is [B]CC(=O)NC(COCC)COC(C)S. The molecule has 2 radical (unpaired) electrons. The highest BCUT2D eigenvalue weighted by molar-refractivity contribution is 7.80. The molecule has 0 aliphatic heterocycles. The maximum atomic E-state index is 11.1. The molecule has 86 valence electrons. The molecule has 1 amide bonds. The number of hydrogen-bond acceptors (Lipinski definition) is 4. The van der Waals surface area contributed by atoms with Crippen LogP contribution in [0.2, 0.25) is 6.32 Å². The predicted molar refractivity (Wildman–Crippen MR) is 63.4 cm³/mol. The molecule has 0 aliphatic rings. The van der Waals surface area contributed by atoms with E-state index in [0.29, 0.717) is 19.8 Å². The Morgan fingerprint density at radius 1 is 1.53 bits per heavy atom. The van der Waals surface area contributed by atoms with Gasteiger partial charge in [0.25, 0.3) is 0 Å². The molecular formula is C9H18BNO3S. The fourth-order valence-electron chi connectivity index (χ4n) is 0.934. The van der Waals surface area contributed by atoms with E-state index < -0.39 is 0 Å². The van der Waals surface area contributed by atoms with Crippen LogP contribution >= 0.6 is 12.6 Å². The summed E-state index contributed by atoms with van der Waals surface area (Å²) in [6.45, 7) is 5.10. The molecule has 0 rings (SSSR count). The summed E-state index contributed by atoms with van der Waals surface area (Å²) in [5.74, 6) is -0.213. The Kier molecular flexibility index (Phi) is 8.94. The minimum atomic E-state index is -0.213. The molecule has 15 heavy (non-hydrogen) atoms. The standard InChI is InChI=1S/C9H18BNO3S/c1-3-13-5-8(6-14-7(2)15)11-9(12)4-10/h7-8,15H,3-6H2,1-2H3,(H,11,12). The molecule has 2 atom stereocenters. The van der Waals surface area contributed by atoms with Crippen molar-refractivity contribution in [1.82, 2.24) is 5.32 Å². The van der Waals surface area contributed by atoms with Crippen LogP contribution in [0.15, 0.2) is 0 Å². The summed E-state index contributed by atoms with van der Waals surface area (Å²) in [6.07, 6.45) is -0.0287. The van der Waals surface area contributed by atoms with Gasteiger partial charge in [0.15, 0.2) is 0 Å². The van der Waals surface area contributed by atoms with Gasteiger partial charge in [-0.1, -0.05) is 0 Å². The van der Waals surface area contributed by atoms with Crippen molar-refractivity contribution in [1.29, 1.82) is 0 Å². The van der Waals surface area contributed by atoms with Gasteiger partial charge >= 0.3 is 0 Å². The second kappa shape index (κ2) is 9.06. The fourth-order valence-corrected chi connectivity index (χ4v) is 1.02. The molecule has 6 heteroatoms. The van der Waals surface area contributed by atoms with Crippen molar-refractivity contribution in [2.24, 2.45) is 0 Å². The molecule has 0 spiro atoms. The molecule has 0 saturated heterocycles. The van der Waals surface area contributed by atoms with Gasteiger partial charge in [-0.2, -0.15) is 0 Å². The van der Waals surface area contributed by atoms with Crippen molar-refractivity contribution in [3.05, 3.63) is 0 Å². The molecule has 0 aliphatic carbocycles. The largest absolute Gasteiger partial charge is 0.380 e. The Morgan fingerprint density at radius 2 is 2.20 bits per heavy atom. The first-order valence-corrected chi connectivity index (χ1v) is 5.48. The summed E-state index contributed by atoms with van der Waals surface area (Å²) in [5.41, 5.74) is -0.163. The smallest absolute Gasteiger partial charge is 0.211 e. The summed E-state index contributed by atoms with van der Waals surface area (Å²) in [6, 6.07) is -0.171. The number of rotatable bonds is 8. The predicted octanol–water partition coefficient (Wildman–Crippen LogP) is 0.387. The van der Waals surface area contributed by atoms with E-state index in [1.54, 1.807) is 0 Å². The third-order valence-electron chi connectivity index (χ3n) is 1.61. The highest BCUT2D eigenvalue weighted by atomic mass is 32.1. The lowest BCUT2D eigenvalue weighted by atomic mass is 10.0. The van der Waals surface area contributed by atoms with Gasteiger partial charge in [-0.05, 0) is 20.2 Å². The zero-order valence-electron chi connectivity index (χ0n) is 9.23. The van der Waals surface area contributed by atoms with E-state index in [4.69, 9.17) is 17.3 Å². The third-order valence-corrected chi connectivity index (χ3v) is 1.76. The van der Waals surface area contributed by atoms with Crippen molar-refractivity contribution in [2.45, 2.75) is 31.6 Å². The highest BCUT2D eigenvalue weighted by Crippen LogP contribution is 1.98. The van der Waals surface area contributed by atoms with Gasteiger partial charge in [0.2, 0.25) is 5.91 Å². The lowest BCUT2D eigenvalue weighted by Gasteiger charge is -2.19. The first-order valence-electron chi connectivity index (χ1n) is 4.97. The molecule has 4 nitrogen and oxygen atoms in total. The van der Waals surface area contributed by atoms with Crippen LogP contribution < -0.4 is 5.32 Å². The molecular weight excluding hydrogens is 213 g/mol. The maximum absolute atomic E-state index is 11.1. The topological polar surface area (TPSA) is 47.6 Å². The zero-order chi connectivity index (χ0) is 11.7. The number of ether oxygens (including phenoxy) is 2. The van der Waals surface area contributed by atoms with Gasteiger partial charge in [0, 0.05) is 6.61 Å². The second-order valence-electron chi connectivity index (χ2n) is 3.06. The Hall–Kier alpha value is -0.195. The highest BCUT2D eigenvalue weighted by Gasteiger charge is 2.12. The molecule has 0 bridgehead atoms. The number of hydrogen-bond donors (Lipinski definition) is 2. The fraction of sp³-hybridized carbons (Fsp3) is 0.889. The van der Waals surface area contributed by atoms with Gasteiger partial charge in [0.05, 0.1) is 32.5 Å². The van der Waals surface area contributed by atoms with Crippen molar-refractivity contribution in [3.63, 3.8) is 0 Å². The zero-order valence-corrected chi connectivity index (χ0v) is 10.1. The quantitative estimate of drug-likeness (QED) is 0.361. The number of thiol groups is 1. The van der Waals surface area contributed by atoms with Crippen LogP contribution in [0.1, 0.15) is 13.8 Å². The minimum Gasteiger partial charge on any atom is -0.380 e. The van der Waals surface area contributed by atoms with Gasteiger partial charge in [-0.3, -0.25) is 4.79 Å². The first-order chi connectivity index (χ1) is 7.10. The van der Waals surface area contributed by atoms with Crippen LogP contribution in [0.25, 0.3) is 0 Å². The Labute approximate surface area is 97.9 Å². The van der Waals surface area contributed by atoms with E-state index in [9.17, 15) is 4.79 Å². The molecule has 0 heterocycles. The molecule has 2 unspecified atom stereocenters. The Morgan fingerprint density at radius 3 is 2.67 bits per heavy atom. The van der Waals surface area contributed by atoms with Crippen molar-refractivity contribution >= 4 is 26.4 Å². The molecule has 0 aromatic rings. The summed E-state index contributed by atoms with van der Waals surface area (Å²) >= 11 is 4.08. The van der Waals surface area contributed by atoms with E-state index in [1.165, 1.54) is 0 Å². The lowest BCUT2D eigenvalue weighted by molar-refractivity contribution is -0.120. The minimum absolute atomic E-state index is 0.0287. The van der Waals surface area contributed by atoms with Crippen molar-refractivity contribution in [3.8, 4) is 0 Å². The molecule has 0 aromatic carbocycles. The van der Waals surface area contributed by atoms with Crippen molar-refractivity contribution < 1.29 is 14.3 Å². The summed E-state index contributed by atoms with van der Waals surface area (Å²) in [4.78, 5) is 11.1. The second-order valence-corrected chi connectivity index (χ2v) is 3.79. The first kappa shape index (κ1) is 14.8. The summed E-state index contributed by atoms with van der Waals surface area (Å²) in [7, 11) is 5.20. The average molecular weight is 231 g/mol. The maximum Gasteiger partial charge on any atom is 0.211 e. The number of amides is 1. The van der Waals surface area contributed by atoms with Gasteiger partial charge < -0.3 is 14.8 Å². The van der Waals surface area contributed by atoms with Crippen LogP contribution in [0.4, 0.5) is 0 Å². The van der Waals surface area contributed by atoms with Crippen LogP contribution in [0.5, 0.6) is 0 Å². The van der Waals surface area contributed by atoms with E-state index in [2.05, 4.69) is 17.9 Å². The van der Waals surface area contributed by atoms with Crippen LogP contribution in [-0.2, 0) is 14.3 Å². The molecule has 1 N–H and O–H groups in total. The lowest BCUT2D eigenvalue weighted by Crippen LogP contribution is -2.41. The van der Waals surface area contributed by atoms with Crippen molar-refractivity contribution in [2.75, 3.05) is 19.8 Å². The summed E-state index contributed by atoms with van der Waals surface area (Å²) < 4.78 is 10.5.